The molecule has 5 nitrogen and oxygen atoms in total. The van der Waals surface area contributed by atoms with Crippen molar-refractivity contribution in [2.75, 3.05) is 6.61 Å². The van der Waals surface area contributed by atoms with Gasteiger partial charge in [0, 0.05) is 10.9 Å². The Bertz CT molecular complexity index is 1040. The number of alkyl halides is 3. The minimum atomic E-state index is -4.56. The number of thiazole rings is 1. The van der Waals surface area contributed by atoms with Gasteiger partial charge in [-0.25, -0.2) is 9.78 Å². The van der Waals surface area contributed by atoms with E-state index in [2.05, 4.69) is 4.98 Å². The van der Waals surface area contributed by atoms with Crippen molar-refractivity contribution in [2.24, 2.45) is 0 Å². The van der Waals surface area contributed by atoms with Crippen LogP contribution < -0.4 is 4.74 Å². The zero-order valence-corrected chi connectivity index (χ0v) is 16.5. The Hall–Kier alpha value is -3.20. The average molecular weight is 435 g/mol. The Labute approximate surface area is 174 Å². The van der Waals surface area contributed by atoms with Crippen LogP contribution >= 0.6 is 11.3 Å². The summed E-state index contributed by atoms with van der Waals surface area (Å²) in [6, 6.07) is 10.0. The van der Waals surface area contributed by atoms with Gasteiger partial charge in [-0.15, -0.1) is 11.3 Å². The van der Waals surface area contributed by atoms with E-state index in [9.17, 15) is 22.8 Å². The number of Topliss-reactive ketones (excluding diaryl/α,β-unsaturated/α-hetero) is 1. The second kappa shape index (κ2) is 9.08. The summed E-state index contributed by atoms with van der Waals surface area (Å²) in [6.07, 6.45) is -4.56. The number of rotatable bonds is 7. The first-order valence-electron chi connectivity index (χ1n) is 8.74. The van der Waals surface area contributed by atoms with Crippen molar-refractivity contribution in [3.05, 3.63) is 81.3 Å². The second-order valence-electron chi connectivity index (χ2n) is 6.25. The standard InChI is InChI=1S/C21H16F3NO4S/c1-13-25-17(12-30-13)10-28-18-7-5-14(6-8-18)20(27)29-11-19(26)15-3-2-4-16(9-15)21(22,23)24/h2-9,12H,10-11H2,1H3. The van der Waals surface area contributed by atoms with Gasteiger partial charge in [-0.1, -0.05) is 12.1 Å². The van der Waals surface area contributed by atoms with Crippen molar-refractivity contribution in [2.45, 2.75) is 19.7 Å². The van der Waals surface area contributed by atoms with Crippen LogP contribution in [0.1, 0.15) is 37.0 Å². The summed E-state index contributed by atoms with van der Waals surface area (Å²) >= 11 is 1.52. The number of halogens is 3. The Morgan fingerprint density at radius 3 is 2.43 bits per heavy atom. The molecule has 0 unspecified atom stereocenters. The predicted octanol–water partition coefficient (Wildman–Crippen LogP) is 5.09. The lowest BCUT2D eigenvalue weighted by molar-refractivity contribution is -0.137. The maximum atomic E-state index is 12.7. The first kappa shape index (κ1) is 21.5. The molecule has 0 saturated heterocycles. The fourth-order valence-corrected chi connectivity index (χ4v) is 3.08. The number of benzene rings is 2. The third-order valence-corrected chi connectivity index (χ3v) is 4.81. The van der Waals surface area contributed by atoms with Crippen LogP contribution in [0.25, 0.3) is 0 Å². The number of carbonyl (C=O) groups excluding carboxylic acids is 2. The molecule has 1 heterocycles. The number of ketones is 1. The molecule has 0 bridgehead atoms. The first-order chi connectivity index (χ1) is 14.2. The molecule has 0 saturated carbocycles. The highest BCUT2D eigenvalue weighted by Gasteiger charge is 2.30. The molecular weight excluding hydrogens is 419 g/mol. The third kappa shape index (κ3) is 5.66. The van der Waals surface area contributed by atoms with E-state index < -0.39 is 30.1 Å². The topological polar surface area (TPSA) is 65.5 Å². The predicted molar refractivity (Wildman–Crippen MR) is 104 cm³/mol. The van der Waals surface area contributed by atoms with E-state index in [4.69, 9.17) is 9.47 Å². The SMILES string of the molecule is Cc1nc(COc2ccc(C(=O)OCC(=O)c3cccc(C(F)(F)F)c3)cc2)cs1. The Morgan fingerprint density at radius 2 is 1.80 bits per heavy atom. The maximum Gasteiger partial charge on any atom is 0.416 e. The molecule has 0 aliphatic rings. The zero-order valence-electron chi connectivity index (χ0n) is 15.7. The van der Waals surface area contributed by atoms with Gasteiger partial charge >= 0.3 is 12.1 Å². The van der Waals surface area contributed by atoms with Crippen LogP contribution in [0.15, 0.2) is 53.9 Å². The molecule has 0 N–H and O–H groups in total. The number of hydrogen-bond donors (Lipinski definition) is 0. The summed E-state index contributed by atoms with van der Waals surface area (Å²) in [7, 11) is 0. The molecule has 0 aliphatic heterocycles. The van der Waals surface area contributed by atoms with Crippen LogP contribution in [0.2, 0.25) is 0 Å². The van der Waals surface area contributed by atoms with E-state index >= 15 is 0 Å². The highest BCUT2D eigenvalue weighted by atomic mass is 32.1. The van der Waals surface area contributed by atoms with Gasteiger partial charge in [0.15, 0.2) is 12.4 Å². The highest BCUT2D eigenvalue weighted by molar-refractivity contribution is 7.09. The van der Waals surface area contributed by atoms with Crippen molar-refractivity contribution in [3.63, 3.8) is 0 Å². The largest absolute Gasteiger partial charge is 0.487 e. The van der Waals surface area contributed by atoms with Crippen LogP contribution in [-0.2, 0) is 17.5 Å². The van der Waals surface area contributed by atoms with E-state index in [1.165, 1.54) is 29.5 Å². The molecule has 0 atom stereocenters. The molecular formula is C21H16F3NO4S. The summed E-state index contributed by atoms with van der Waals surface area (Å²) in [4.78, 5) is 28.4. The van der Waals surface area contributed by atoms with E-state index in [0.29, 0.717) is 12.4 Å². The molecule has 2 aromatic carbocycles. The number of aryl methyl sites for hydroxylation is 1. The van der Waals surface area contributed by atoms with Gasteiger partial charge in [0.2, 0.25) is 0 Å². The van der Waals surface area contributed by atoms with Gasteiger partial charge in [0.05, 0.1) is 21.8 Å². The highest BCUT2D eigenvalue weighted by Crippen LogP contribution is 2.29. The maximum absolute atomic E-state index is 12.7. The average Bonchev–Trinajstić information content (AvgIpc) is 3.15. The van der Waals surface area contributed by atoms with Crippen LogP contribution in [0.3, 0.4) is 0 Å². The number of nitrogens with zero attached hydrogens (tertiary/aromatic N) is 1. The fourth-order valence-electron chi connectivity index (χ4n) is 2.49. The Morgan fingerprint density at radius 1 is 1.07 bits per heavy atom. The van der Waals surface area contributed by atoms with Crippen molar-refractivity contribution in [1.29, 1.82) is 0 Å². The van der Waals surface area contributed by atoms with Crippen molar-refractivity contribution in [1.82, 2.24) is 4.98 Å². The van der Waals surface area contributed by atoms with Gasteiger partial charge in [0.1, 0.15) is 12.4 Å². The van der Waals surface area contributed by atoms with E-state index in [1.54, 1.807) is 12.1 Å². The number of esters is 1. The molecule has 3 aromatic rings. The summed E-state index contributed by atoms with van der Waals surface area (Å²) in [5.41, 5.74) is -0.139. The van der Waals surface area contributed by atoms with Crippen LogP contribution in [0, 0.1) is 6.92 Å². The molecule has 156 valence electrons. The molecule has 3 rings (SSSR count). The zero-order chi connectivity index (χ0) is 21.7. The minimum absolute atomic E-state index is 0.182. The monoisotopic (exact) mass is 435 g/mol. The van der Waals surface area contributed by atoms with Gasteiger partial charge in [0.25, 0.3) is 0 Å². The van der Waals surface area contributed by atoms with Crippen LogP contribution in [0.5, 0.6) is 5.75 Å². The summed E-state index contributed by atoms with van der Waals surface area (Å²) < 4.78 is 48.7. The molecule has 1 aromatic heterocycles. The molecule has 0 radical (unpaired) electrons. The molecule has 0 amide bonds. The number of carbonyl (C=O) groups is 2. The Kier molecular flexibility index (Phi) is 6.51. The van der Waals surface area contributed by atoms with Crippen molar-refractivity contribution >= 4 is 23.1 Å². The number of ether oxygens (including phenoxy) is 2. The second-order valence-corrected chi connectivity index (χ2v) is 7.31. The fraction of sp³-hybridized carbons (Fsp3) is 0.190. The summed E-state index contributed by atoms with van der Waals surface area (Å²) in [6.45, 7) is 1.52. The van der Waals surface area contributed by atoms with E-state index in [1.807, 2.05) is 12.3 Å². The van der Waals surface area contributed by atoms with Crippen LogP contribution in [0.4, 0.5) is 13.2 Å². The molecule has 0 aliphatic carbocycles. The van der Waals surface area contributed by atoms with Crippen molar-refractivity contribution < 1.29 is 32.2 Å². The van der Waals surface area contributed by atoms with E-state index in [-0.39, 0.29) is 11.1 Å². The molecule has 0 spiro atoms. The summed E-state index contributed by atoms with van der Waals surface area (Å²) in [5.74, 6) is -0.970. The van der Waals surface area contributed by atoms with Gasteiger partial charge in [-0.2, -0.15) is 13.2 Å². The molecule has 9 heteroatoms. The molecule has 0 fully saturated rings. The Balaban J connectivity index is 1.54. The molecule has 30 heavy (non-hydrogen) atoms. The smallest absolute Gasteiger partial charge is 0.416 e. The van der Waals surface area contributed by atoms with Gasteiger partial charge in [-0.05, 0) is 43.3 Å². The third-order valence-electron chi connectivity index (χ3n) is 3.99. The quantitative estimate of drug-likeness (QED) is 0.382. The van der Waals surface area contributed by atoms with Crippen molar-refractivity contribution in [3.8, 4) is 5.75 Å². The minimum Gasteiger partial charge on any atom is -0.487 e. The lowest BCUT2D eigenvalue weighted by atomic mass is 10.1. The van der Waals surface area contributed by atoms with Gasteiger partial charge in [-0.3, -0.25) is 4.79 Å². The lowest BCUT2D eigenvalue weighted by Gasteiger charge is -2.09. The number of aromatic nitrogens is 1. The summed E-state index contributed by atoms with van der Waals surface area (Å²) in [5, 5.41) is 2.83. The van der Waals surface area contributed by atoms with E-state index in [0.717, 1.165) is 28.9 Å². The normalized spacial score (nSPS) is 11.2. The lowest BCUT2D eigenvalue weighted by Crippen LogP contribution is -2.15. The van der Waals surface area contributed by atoms with Gasteiger partial charge < -0.3 is 9.47 Å². The van der Waals surface area contributed by atoms with Crippen LogP contribution in [-0.4, -0.2) is 23.3 Å². The first-order valence-corrected chi connectivity index (χ1v) is 9.62. The number of hydrogen-bond acceptors (Lipinski definition) is 6.